The van der Waals surface area contributed by atoms with Crippen molar-refractivity contribution in [1.82, 2.24) is 14.5 Å². The summed E-state index contributed by atoms with van der Waals surface area (Å²) in [6, 6.07) is 23.3. The predicted octanol–water partition coefficient (Wildman–Crippen LogP) is 7.33. The van der Waals surface area contributed by atoms with Crippen LogP contribution in [0.3, 0.4) is 0 Å². The average molecular weight is 597 g/mol. The Bertz CT molecular complexity index is 1920. The van der Waals surface area contributed by atoms with Crippen molar-refractivity contribution in [3.05, 3.63) is 101 Å². The maximum Gasteiger partial charge on any atom is 0.263 e. The molecule has 3 aromatic carbocycles. The molecule has 0 atom stereocenters. The molecule has 0 unspecified atom stereocenters. The largest absolute Gasteiger partial charge is 0.497 e. The van der Waals surface area contributed by atoms with Crippen LogP contribution in [0.2, 0.25) is 0 Å². The SMILES string of the molecule is C=CCn1c(SCC(=O)Nc2cccc(-c3nc4ccccc4s3)c2)nc2scc(-c3ccc(OC)cc3)c2c1=O. The van der Waals surface area contributed by atoms with E-state index in [9.17, 15) is 9.59 Å². The zero-order chi connectivity index (χ0) is 28.3. The van der Waals surface area contributed by atoms with Crippen LogP contribution in [0.15, 0.2) is 101 Å². The van der Waals surface area contributed by atoms with E-state index < -0.39 is 0 Å². The molecule has 3 heterocycles. The highest BCUT2D eigenvalue weighted by Gasteiger charge is 2.18. The first-order chi connectivity index (χ1) is 20.0. The fourth-order valence-electron chi connectivity index (χ4n) is 4.44. The molecule has 0 aliphatic carbocycles. The minimum Gasteiger partial charge on any atom is -0.497 e. The summed E-state index contributed by atoms with van der Waals surface area (Å²) >= 11 is 4.25. The minimum absolute atomic E-state index is 0.0944. The molecule has 0 saturated carbocycles. The number of allylic oxidation sites excluding steroid dienone is 1. The molecule has 41 heavy (non-hydrogen) atoms. The Morgan fingerprint density at radius 1 is 1.07 bits per heavy atom. The number of nitrogens with zero attached hydrogens (tertiary/aromatic N) is 3. The fraction of sp³-hybridized carbons (Fsp3) is 0.0968. The Labute approximate surface area is 248 Å². The van der Waals surface area contributed by atoms with Gasteiger partial charge in [0.2, 0.25) is 5.91 Å². The number of carbonyl (C=O) groups excluding carboxylic acids is 1. The van der Waals surface area contributed by atoms with E-state index in [0.717, 1.165) is 37.7 Å². The highest BCUT2D eigenvalue weighted by atomic mass is 32.2. The normalized spacial score (nSPS) is 11.1. The summed E-state index contributed by atoms with van der Waals surface area (Å²) in [7, 11) is 1.62. The molecule has 3 aromatic heterocycles. The number of benzene rings is 3. The summed E-state index contributed by atoms with van der Waals surface area (Å²) in [5, 5.41) is 6.84. The van der Waals surface area contributed by atoms with Crippen molar-refractivity contribution in [2.75, 3.05) is 18.2 Å². The van der Waals surface area contributed by atoms with E-state index in [1.165, 1.54) is 23.1 Å². The van der Waals surface area contributed by atoms with Gasteiger partial charge in [-0.3, -0.25) is 14.2 Å². The molecule has 0 aliphatic rings. The van der Waals surface area contributed by atoms with Crippen LogP contribution in [-0.2, 0) is 11.3 Å². The van der Waals surface area contributed by atoms with Gasteiger partial charge in [0, 0.05) is 28.7 Å². The Morgan fingerprint density at radius 2 is 1.90 bits per heavy atom. The first kappa shape index (κ1) is 26.9. The van der Waals surface area contributed by atoms with Gasteiger partial charge in [0.05, 0.1) is 28.5 Å². The second kappa shape index (κ2) is 11.7. The van der Waals surface area contributed by atoms with Gasteiger partial charge in [-0.05, 0) is 42.0 Å². The molecule has 0 saturated heterocycles. The summed E-state index contributed by atoms with van der Waals surface area (Å²) in [4.78, 5) is 36.7. The number of thioether (sulfide) groups is 1. The van der Waals surface area contributed by atoms with Crippen LogP contribution in [-0.4, -0.2) is 33.3 Å². The molecule has 0 aliphatic heterocycles. The van der Waals surface area contributed by atoms with Crippen molar-refractivity contribution in [1.29, 1.82) is 0 Å². The lowest BCUT2D eigenvalue weighted by molar-refractivity contribution is -0.113. The summed E-state index contributed by atoms with van der Waals surface area (Å²) in [6.07, 6.45) is 1.66. The third-order valence-electron chi connectivity index (χ3n) is 6.39. The lowest BCUT2D eigenvalue weighted by atomic mass is 10.1. The number of anilines is 1. The van der Waals surface area contributed by atoms with Gasteiger partial charge < -0.3 is 10.1 Å². The number of para-hydroxylation sites is 1. The molecule has 6 aromatic rings. The van der Waals surface area contributed by atoms with Gasteiger partial charge in [0.25, 0.3) is 5.56 Å². The van der Waals surface area contributed by atoms with Crippen LogP contribution >= 0.6 is 34.4 Å². The zero-order valence-electron chi connectivity index (χ0n) is 22.0. The third-order valence-corrected chi connectivity index (χ3v) is 9.33. The van der Waals surface area contributed by atoms with Crippen LogP contribution in [0.5, 0.6) is 5.75 Å². The number of ether oxygens (including phenoxy) is 1. The molecule has 0 radical (unpaired) electrons. The second-order valence-electron chi connectivity index (χ2n) is 9.06. The summed E-state index contributed by atoms with van der Waals surface area (Å²) in [6.45, 7) is 4.10. The Morgan fingerprint density at radius 3 is 2.68 bits per heavy atom. The lowest BCUT2D eigenvalue weighted by Gasteiger charge is -2.11. The van der Waals surface area contributed by atoms with Gasteiger partial charge >= 0.3 is 0 Å². The van der Waals surface area contributed by atoms with Gasteiger partial charge in [0.1, 0.15) is 15.6 Å². The number of carbonyl (C=O) groups is 1. The minimum atomic E-state index is -0.193. The number of thiophene rings is 1. The van der Waals surface area contributed by atoms with Gasteiger partial charge in [0.15, 0.2) is 5.16 Å². The zero-order valence-corrected chi connectivity index (χ0v) is 24.4. The molecule has 1 N–H and O–H groups in total. The fourth-order valence-corrected chi connectivity index (χ4v) is 7.20. The first-order valence-electron chi connectivity index (χ1n) is 12.7. The number of aromatic nitrogens is 3. The standard InChI is InChI=1S/C31H24N4O3S3/c1-3-15-35-30(37)27-23(19-11-13-22(38-2)14-12-19)17-39-29(27)34-31(35)40-18-26(36)32-21-8-6-7-20(16-21)28-33-24-9-4-5-10-25(24)41-28/h3-14,16-17H,1,15,18H2,2H3,(H,32,36). The summed E-state index contributed by atoms with van der Waals surface area (Å²) in [5.74, 6) is 0.647. The number of hydrogen-bond donors (Lipinski definition) is 1. The van der Waals surface area contributed by atoms with Gasteiger partial charge in [-0.15, -0.1) is 29.3 Å². The number of amides is 1. The number of thiazole rings is 1. The molecule has 0 fully saturated rings. The molecular weight excluding hydrogens is 573 g/mol. The third kappa shape index (κ3) is 5.54. The lowest BCUT2D eigenvalue weighted by Crippen LogP contribution is -2.23. The van der Waals surface area contributed by atoms with Crippen molar-refractivity contribution in [3.63, 3.8) is 0 Å². The van der Waals surface area contributed by atoms with E-state index in [2.05, 4.69) is 11.9 Å². The topological polar surface area (TPSA) is 86.1 Å². The van der Waals surface area contributed by atoms with Crippen molar-refractivity contribution in [2.45, 2.75) is 11.7 Å². The second-order valence-corrected chi connectivity index (χ2v) is 11.9. The molecule has 0 spiro atoms. The van der Waals surface area contributed by atoms with E-state index in [4.69, 9.17) is 14.7 Å². The Kier molecular flexibility index (Phi) is 7.69. The number of nitrogens with one attached hydrogen (secondary N) is 1. The van der Waals surface area contributed by atoms with Gasteiger partial charge in [-0.2, -0.15) is 0 Å². The smallest absolute Gasteiger partial charge is 0.263 e. The Hall–Kier alpha value is -4.25. The van der Waals surface area contributed by atoms with E-state index in [-0.39, 0.29) is 23.8 Å². The number of fused-ring (bicyclic) bond motifs is 2. The van der Waals surface area contributed by atoms with E-state index >= 15 is 0 Å². The number of rotatable bonds is 9. The summed E-state index contributed by atoms with van der Waals surface area (Å²) in [5.41, 5.74) is 4.15. The maximum atomic E-state index is 13.6. The molecule has 0 bridgehead atoms. The van der Waals surface area contributed by atoms with Gasteiger partial charge in [-0.25, -0.2) is 9.97 Å². The van der Waals surface area contributed by atoms with Crippen LogP contribution in [0.4, 0.5) is 5.69 Å². The molecule has 7 nitrogen and oxygen atoms in total. The Balaban J connectivity index is 1.21. The number of hydrogen-bond acceptors (Lipinski definition) is 8. The molecule has 1 amide bonds. The summed E-state index contributed by atoms with van der Waals surface area (Å²) < 4.78 is 7.95. The van der Waals surface area contributed by atoms with Gasteiger partial charge in [-0.1, -0.05) is 54.2 Å². The maximum absolute atomic E-state index is 13.6. The van der Waals surface area contributed by atoms with Crippen molar-refractivity contribution in [3.8, 4) is 27.4 Å². The van der Waals surface area contributed by atoms with E-state index in [1.54, 1.807) is 29.1 Å². The molecule has 10 heteroatoms. The van der Waals surface area contributed by atoms with E-state index in [1.807, 2.05) is 78.2 Å². The predicted molar refractivity (Wildman–Crippen MR) is 170 cm³/mol. The quantitative estimate of drug-likeness (QED) is 0.107. The molecular formula is C31H24N4O3S3. The van der Waals surface area contributed by atoms with Crippen LogP contribution in [0.1, 0.15) is 0 Å². The van der Waals surface area contributed by atoms with E-state index in [0.29, 0.717) is 21.1 Å². The van der Waals surface area contributed by atoms with Crippen molar-refractivity contribution in [2.24, 2.45) is 0 Å². The van der Waals surface area contributed by atoms with Crippen molar-refractivity contribution < 1.29 is 9.53 Å². The van der Waals surface area contributed by atoms with Crippen molar-refractivity contribution >= 4 is 66.5 Å². The molecule has 6 rings (SSSR count). The van der Waals surface area contributed by atoms with Crippen LogP contribution in [0, 0.1) is 0 Å². The highest BCUT2D eigenvalue weighted by molar-refractivity contribution is 7.99. The first-order valence-corrected chi connectivity index (χ1v) is 15.4. The van der Waals surface area contributed by atoms with Crippen LogP contribution < -0.4 is 15.6 Å². The van der Waals surface area contributed by atoms with Crippen LogP contribution in [0.25, 0.3) is 42.1 Å². The number of methoxy groups -OCH3 is 1. The highest BCUT2D eigenvalue weighted by Crippen LogP contribution is 2.34. The monoisotopic (exact) mass is 596 g/mol. The average Bonchev–Trinajstić information content (AvgIpc) is 3.63. The molecule has 204 valence electrons.